The van der Waals surface area contributed by atoms with E-state index in [2.05, 4.69) is 52.6 Å². The van der Waals surface area contributed by atoms with Gasteiger partial charge in [0.05, 0.1) is 73.7 Å². The lowest BCUT2D eigenvalue weighted by Gasteiger charge is -2.36. The molecule has 9 N–H and O–H groups in total. The minimum atomic E-state index is -3.00. The van der Waals surface area contributed by atoms with Gasteiger partial charge in [-0.25, -0.2) is 8.42 Å². The molecule has 3 aromatic heterocycles. The Hall–Kier alpha value is -11.9. The number of rotatable bonds is 30. The fourth-order valence-electron chi connectivity index (χ4n) is 18.9. The predicted octanol–water partition coefficient (Wildman–Crippen LogP) is 10.5. The van der Waals surface area contributed by atoms with Crippen molar-refractivity contribution in [1.29, 1.82) is 0 Å². The summed E-state index contributed by atoms with van der Waals surface area (Å²) in [6.45, 7) is 22.9. The van der Waals surface area contributed by atoms with Crippen LogP contribution in [0.1, 0.15) is 159 Å². The number of hydrogen-bond acceptors (Lipinski definition) is 23. The molecular formula is C99H117N15O14S. The van der Waals surface area contributed by atoms with Crippen molar-refractivity contribution in [3.63, 3.8) is 0 Å². The fourth-order valence-corrected chi connectivity index (χ4v) is 19.5. The van der Waals surface area contributed by atoms with E-state index in [-0.39, 0.29) is 91.7 Å². The number of pyridine rings is 3. The topological polar surface area (TPSA) is 365 Å². The van der Waals surface area contributed by atoms with Gasteiger partial charge in [0.25, 0.3) is 34.4 Å². The number of aliphatic hydroxyl groups is 3. The quantitative estimate of drug-likeness (QED) is 0.0202. The van der Waals surface area contributed by atoms with Crippen LogP contribution in [-0.4, -0.2) is 251 Å². The highest BCUT2D eigenvalue weighted by Crippen LogP contribution is 2.42. The highest BCUT2D eigenvalue weighted by molar-refractivity contribution is 7.90. The molecule has 30 heteroatoms. The molecule has 9 aliphatic rings. The first-order valence-electron chi connectivity index (χ1n) is 45.0. The van der Waals surface area contributed by atoms with Crippen LogP contribution in [0.25, 0.3) is 0 Å². The van der Waals surface area contributed by atoms with E-state index >= 15 is 0 Å². The van der Waals surface area contributed by atoms with Gasteiger partial charge < -0.3 is 89.8 Å². The Morgan fingerprint density at radius 2 is 0.791 bits per heavy atom. The van der Waals surface area contributed by atoms with Gasteiger partial charge in [-0.1, -0.05) is 53.1 Å². The number of ether oxygens (including phenoxy) is 3. The second-order valence-corrected chi connectivity index (χ2v) is 38.2. The molecule has 3 amide bonds. The Morgan fingerprint density at radius 1 is 0.434 bits per heavy atom. The van der Waals surface area contributed by atoms with Crippen LogP contribution < -0.4 is 46.8 Å². The molecule has 0 unspecified atom stereocenters. The van der Waals surface area contributed by atoms with Crippen molar-refractivity contribution in [2.45, 2.75) is 156 Å². The normalized spacial score (nSPS) is 17.4. The van der Waals surface area contributed by atoms with Crippen LogP contribution in [0.4, 0.5) is 34.1 Å². The molecule has 6 aromatic carbocycles. The first-order chi connectivity index (χ1) is 62.1. The molecule has 678 valence electrons. The number of aliphatic imine (C=N–C) groups is 3. The Morgan fingerprint density at radius 3 is 1.16 bits per heavy atom. The third-order valence-electron chi connectivity index (χ3n) is 25.9. The zero-order valence-electron chi connectivity index (χ0n) is 74.8. The van der Waals surface area contributed by atoms with E-state index < -0.39 is 28.1 Å². The van der Waals surface area contributed by atoms with Crippen LogP contribution in [0.15, 0.2) is 157 Å². The zero-order chi connectivity index (χ0) is 90.5. The molecule has 0 radical (unpaired) electrons. The number of sulfone groups is 1. The Labute approximate surface area is 751 Å². The molecule has 3 fully saturated rings. The number of hydrogen-bond donors (Lipinski definition) is 9. The average Bonchev–Trinajstić information content (AvgIpc) is 1.62. The second-order valence-electron chi connectivity index (χ2n) is 36.0. The third kappa shape index (κ3) is 21.3. The largest absolute Gasteiger partial charge is 0.491 e. The van der Waals surface area contributed by atoms with Crippen molar-refractivity contribution < 1.29 is 52.3 Å². The minimum Gasteiger partial charge on any atom is -0.491 e. The first kappa shape index (κ1) is 90.5. The highest BCUT2D eigenvalue weighted by atomic mass is 32.2. The molecule has 3 saturated heterocycles. The smallest absolute Gasteiger partial charge is 0.259 e. The lowest BCUT2D eigenvalue weighted by atomic mass is 10.00. The highest BCUT2D eigenvalue weighted by Gasteiger charge is 2.40. The standard InChI is InChI=1S/C34H41N5O6S.C33H39N5O4.C32H37N5O4/c1-21-4-5-31(22(2)14-21)45-20-26(40)18-36-28-6-9-35-33(41)32(28)30-16-23-15-27-24(17-29(23)37-30)19-39(34(27)42)25-7-10-38(11-8-25)12-13-46(3,43)44;1-21-6-7-30(22(2)14-21)42-20-25(39)18-35-27-8-9-34-32(40)31(27)29-16-23-15-26-24(17-28(23)36-29)19-38(33(26)41)13-5-12-37-10-3-4-11-37;1-19-4-5-29(20(2)12-19)41-18-24(38)16-34-26-6-9-33-31(39)30(26)28-14-21-13-25-22(15-27(21)35-28)17-37(32(25)40)23-7-10-36(3)11-8-23/h4-6,9,14-15,17,25-26,40H,7-8,10-13,16,18-20H2,1-3H3,(H2,35,36,41);6-9,14-15,17,25,39H,3-5,10-13,16,18-20H2,1-2H3,(H2,34,35,40);4-6,9,12-13,15,23-24,38H,7-8,10-11,14,16-18H2,1-3H3,(H2,33,34,39)/t26-;25-;24-/m111/s1. The Kier molecular flexibility index (Phi) is 27.8. The molecule has 12 heterocycles. The van der Waals surface area contributed by atoms with E-state index in [0.29, 0.717) is 102 Å². The second kappa shape index (κ2) is 39.6. The van der Waals surface area contributed by atoms with Crippen LogP contribution in [0.3, 0.4) is 0 Å². The number of carbonyl (C=O) groups is 3. The van der Waals surface area contributed by atoms with Crippen molar-refractivity contribution in [3.05, 3.63) is 259 Å². The minimum absolute atomic E-state index is 0.0118. The maximum atomic E-state index is 13.5. The molecule has 18 rings (SSSR count). The number of fused-ring (bicyclic) bond motifs is 6. The molecule has 29 nitrogen and oxygen atoms in total. The van der Waals surface area contributed by atoms with Crippen LogP contribution in [0.5, 0.6) is 17.2 Å². The van der Waals surface area contributed by atoms with Gasteiger partial charge in [0.15, 0.2) is 0 Å². The number of benzene rings is 6. The summed E-state index contributed by atoms with van der Waals surface area (Å²) in [5.74, 6) is 2.55. The molecule has 0 spiro atoms. The zero-order valence-corrected chi connectivity index (χ0v) is 75.6. The lowest BCUT2D eigenvalue weighted by molar-refractivity contribution is 0.0600. The van der Waals surface area contributed by atoms with Gasteiger partial charge in [-0.3, -0.25) is 43.7 Å². The van der Waals surface area contributed by atoms with Crippen LogP contribution in [-0.2, 0) is 48.7 Å². The molecule has 0 bridgehead atoms. The summed E-state index contributed by atoms with van der Waals surface area (Å²) in [4.78, 5) is 115. The summed E-state index contributed by atoms with van der Waals surface area (Å²) >= 11 is 0. The van der Waals surface area contributed by atoms with Crippen LogP contribution in [0.2, 0.25) is 0 Å². The van der Waals surface area contributed by atoms with E-state index in [1.54, 1.807) is 36.8 Å². The van der Waals surface area contributed by atoms with E-state index in [0.717, 1.165) is 184 Å². The van der Waals surface area contributed by atoms with E-state index in [1.807, 2.05) is 147 Å². The van der Waals surface area contributed by atoms with Gasteiger partial charge in [-0.2, -0.15) is 0 Å². The lowest BCUT2D eigenvalue weighted by Crippen LogP contribution is -2.45. The molecule has 9 aliphatic heterocycles. The summed E-state index contributed by atoms with van der Waals surface area (Å²) in [5, 5.41) is 41.5. The molecule has 9 aromatic rings. The molecule has 0 aliphatic carbocycles. The van der Waals surface area contributed by atoms with Gasteiger partial charge >= 0.3 is 0 Å². The summed E-state index contributed by atoms with van der Waals surface area (Å²) in [7, 11) is -0.879. The maximum absolute atomic E-state index is 13.5. The number of nitrogens with zero attached hydrogens (tertiary/aromatic N) is 9. The summed E-state index contributed by atoms with van der Waals surface area (Å²) in [5.41, 5.74) is 21.0. The fraction of sp³-hybridized carbons (Fsp3) is 0.424. The number of aromatic nitrogens is 3. The molecule has 3 atom stereocenters. The number of aromatic amines is 3. The number of aliphatic hydroxyl groups excluding tert-OH is 3. The number of anilines is 3. The molecule has 129 heavy (non-hydrogen) atoms. The van der Waals surface area contributed by atoms with Gasteiger partial charge in [0.1, 0.15) is 65.2 Å². The van der Waals surface area contributed by atoms with E-state index in [1.165, 1.54) is 32.2 Å². The SMILES string of the molecule is Cc1ccc(OC[C@H](O)CNc2cc[nH]c(=O)c2C2=Nc3cc4c(cc3C2)C(=O)N(C2CCN(C)CC2)C4)c(C)c1.Cc1ccc(OC[C@H](O)CNc2cc[nH]c(=O)c2C2=Nc3cc4c(cc3C2)C(=O)N(C2CCN(CCS(C)(=O)=O)CC2)C4)c(C)c1.Cc1ccc(OC[C@H](O)CNc2cc[nH]c(=O)c2C2=Nc3cc4c(cc3C2)C(=O)N(CCCN2CCCC2)C4)c(C)c1. The van der Waals surface area contributed by atoms with Gasteiger partial charge in [-0.05, 0) is 249 Å². The summed E-state index contributed by atoms with van der Waals surface area (Å²) in [6, 6.07) is 35.3. The van der Waals surface area contributed by atoms with Crippen LogP contribution >= 0.6 is 0 Å². The van der Waals surface area contributed by atoms with Crippen molar-refractivity contribution in [3.8, 4) is 17.2 Å². The third-order valence-corrected chi connectivity index (χ3v) is 26.8. The molecular weight excluding hydrogens is 1660 g/mol. The predicted molar refractivity (Wildman–Crippen MR) is 502 cm³/mol. The summed E-state index contributed by atoms with van der Waals surface area (Å²) < 4.78 is 40.6. The number of piperidine rings is 2. The number of amides is 3. The van der Waals surface area contributed by atoms with Crippen molar-refractivity contribution in [2.75, 3.05) is 133 Å². The van der Waals surface area contributed by atoms with Crippen LogP contribution in [0, 0.1) is 41.5 Å². The van der Waals surface area contributed by atoms with Gasteiger partial charge in [-0.15, -0.1) is 0 Å². The van der Waals surface area contributed by atoms with Gasteiger partial charge in [0, 0.05) is 138 Å². The summed E-state index contributed by atoms with van der Waals surface area (Å²) in [6.07, 6.45) is 12.1. The molecule has 0 saturated carbocycles. The number of carbonyl (C=O) groups excluding carboxylic acids is 3. The van der Waals surface area contributed by atoms with Crippen molar-refractivity contribution in [1.82, 2.24) is 44.4 Å². The average molecular weight is 1770 g/mol. The maximum Gasteiger partial charge on any atom is 0.259 e. The number of likely N-dealkylation sites (tertiary alicyclic amines) is 3. The number of H-pyrrole nitrogens is 3. The number of aryl methyl sites for hydroxylation is 6. The van der Waals surface area contributed by atoms with E-state index in [9.17, 15) is 52.5 Å². The van der Waals surface area contributed by atoms with Crippen molar-refractivity contribution >= 4 is 78.8 Å². The van der Waals surface area contributed by atoms with E-state index in [4.69, 9.17) is 29.2 Å². The first-order valence-corrected chi connectivity index (χ1v) is 47.1. The van der Waals surface area contributed by atoms with Gasteiger partial charge in [0.2, 0.25) is 0 Å². The van der Waals surface area contributed by atoms with Crippen molar-refractivity contribution in [2.24, 2.45) is 15.0 Å². The monoisotopic (exact) mass is 1770 g/mol. The Bertz CT molecular complexity index is 6160. The number of nitrogens with one attached hydrogen (secondary N) is 6. The Balaban J connectivity index is 0.000000142.